The minimum absolute atomic E-state index is 0.0108. The zero-order valence-electron chi connectivity index (χ0n) is 11.8. The minimum Gasteiger partial charge on any atom is -0.496 e. The molecule has 0 aliphatic heterocycles. The predicted octanol–water partition coefficient (Wildman–Crippen LogP) is 3.46. The highest BCUT2D eigenvalue weighted by molar-refractivity contribution is 5.62. The van der Waals surface area contributed by atoms with E-state index in [1.165, 1.54) is 12.1 Å². The molecule has 1 aromatic heterocycles. The number of hydrogen-bond donors (Lipinski definition) is 0. The fraction of sp³-hybridized carbons (Fsp3) is 0.125. The van der Waals surface area contributed by atoms with Crippen molar-refractivity contribution in [1.82, 2.24) is 10.2 Å². The van der Waals surface area contributed by atoms with Gasteiger partial charge in [-0.25, -0.2) is 4.39 Å². The largest absolute Gasteiger partial charge is 0.496 e. The van der Waals surface area contributed by atoms with E-state index in [-0.39, 0.29) is 18.2 Å². The molecule has 112 valence electrons. The fourth-order valence-corrected chi connectivity index (χ4v) is 1.94. The number of nitrogens with zero attached hydrogens (tertiary/aromatic N) is 2. The van der Waals surface area contributed by atoms with Crippen LogP contribution in [-0.4, -0.2) is 17.3 Å². The van der Waals surface area contributed by atoms with E-state index in [1.54, 1.807) is 25.3 Å². The number of benzene rings is 2. The van der Waals surface area contributed by atoms with Crippen LogP contribution < -0.4 is 9.47 Å². The van der Waals surface area contributed by atoms with Crippen LogP contribution in [0.5, 0.6) is 11.5 Å². The molecule has 22 heavy (non-hydrogen) atoms. The standard InChI is InChI=1S/C16H13FN2O3/c1-20-13-8-4-2-6-11(13)16-19-18-15(22-16)10-21-14-9-5-3-7-12(14)17/h2-9H,10H2,1H3. The van der Waals surface area contributed by atoms with E-state index in [0.717, 1.165) is 0 Å². The van der Waals surface area contributed by atoms with Gasteiger partial charge in [0.25, 0.3) is 11.8 Å². The van der Waals surface area contributed by atoms with Crippen LogP contribution in [0.2, 0.25) is 0 Å². The van der Waals surface area contributed by atoms with Crippen molar-refractivity contribution in [1.29, 1.82) is 0 Å². The van der Waals surface area contributed by atoms with Gasteiger partial charge in [-0.1, -0.05) is 24.3 Å². The SMILES string of the molecule is COc1ccccc1-c1nnc(COc2ccccc2F)o1. The monoisotopic (exact) mass is 300 g/mol. The van der Waals surface area contributed by atoms with Crippen molar-refractivity contribution < 1.29 is 18.3 Å². The zero-order chi connectivity index (χ0) is 15.4. The molecule has 2 aromatic carbocycles. The number of aromatic nitrogens is 2. The maximum atomic E-state index is 13.5. The van der Waals surface area contributed by atoms with Gasteiger partial charge >= 0.3 is 0 Å². The van der Waals surface area contributed by atoms with Crippen molar-refractivity contribution in [3.05, 3.63) is 60.2 Å². The van der Waals surface area contributed by atoms with E-state index in [1.807, 2.05) is 18.2 Å². The van der Waals surface area contributed by atoms with Gasteiger partial charge in [0.15, 0.2) is 18.2 Å². The van der Waals surface area contributed by atoms with Crippen LogP contribution in [-0.2, 0) is 6.61 Å². The van der Waals surface area contributed by atoms with Gasteiger partial charge in [-0.2, -0.15) is 0 Å². The Labute approximate surface area is 126 Å². The van der Waals surface area contributed by atoms with Crippen molar-refractivity contribution in [2.45, 2.75) is 6.61 Å². The Morgan fingerprint density at radius 3 is 2.50 bits per heavy atom. The highest BCUT2D eigenvalue weighted by atomic mass is 19.1. The molecule has 3 rings (SSSR count). The van der Waals surface area contributed by atoms with Gasteiger partial charge in [0.1, 0.15) is 5.75 Å². The lowest BCUT2D eigenvalue weighted by Gasteiger charge is -2.04. The summed E-state index contributed by atoms with van der Waals surface area (Å²) in [5.41, 5.74) is 0.689. The minimum atomic E-state index is -0.438. The van der Waals surface area contributed by atoms with Crippen molar-refractivity contribution in [3.8, 4) is 23.0 Å². The van der Waals surface area contributed by atoms with E-state index >= 15 is 0 Å². The van der Waals surface area contributed by atoms with Crippen molar-refractivity contribution in [2.24, 2.45) is 0 Å². The summed E-state index contributed by atoms with van der Waals surface area (Å²) in [4.78, 5) is 0. The second-order valence-electron chi connectivity index (χ2n) is 4.42. The molecule has 3 aromatic rings. The lowest BCUT2D eigenvalue weighted by Crippen LogP contribution is -1.97. The van der Waals surface area contributed by atoms with Crippen LogP contribution in [0.15, 0.2) is 52.9 Å². The normalized spacial score (nSPS) is 10.5. The molecule has 5 nitrogen and oxygen atoms in total. The van der Waals surface area contributed by atoms with Gasteiger partial charge < -0.3 is 13.9 Å². The Morgan fingerprint density at radius 2 is 1.73 bits per heavy atom. The lowest BCUT2D eigenvalue weighted by atomic mass is 10.2. The topological polar surface area (TPSA) is 57.4 Å². The highest BCUT2D eigenvalue weighted by Gasteiger charge is 2.13. The second kappa shape index (κ2) is 6.26. The molecule has 0 fully saturated rings. The third-order valence-corrected chi connectivity index (χ3v) is 2.99. The van der Waals surface area contributed by atoms with E-state index in [0.29, 0.717) is 17.2 Å². The number of para-hydroxylation sites is 2. The smallest absolute Gasteiger partial charge is 0.254 e. The van der Waals surface area contributed by atoms with E-state index in [4.69, 9.17) is 13.9 Å². The van der Waals surface area contributed by atoms with Gasteiger partial charge in [0, 0.05) is 0 Å². The first-order valence-electron chi connectivity index (χ1n) is 6.61. The summed E-state index contributed by atoms with van der Waals surface area (Å²) in [5.74, 6) is 0.910. The number of ether oxygens (including phenoxy) is 2. The molecule has 6 heteroatoms. The summed E-state index contributed by atoms with van der Waals surface area (Å²) in [6, 6.07) is 13.4. The molecule has 0 bridgehead atoms. The first-order chi connectivity index (χ1) is 10.8. The Morgan fingerprint density at radius 1 is 1.00 bits per heavy atom. The number of rotatable bonds is 5. The van der Waals surface area contributed by atoms with Crippen molar-refractivity contribution in [2.75, 3.05) is 7.11 Å². The molecule has 0 atom stereocenters. The van der Waals surface area contributed by atoms with Crippen LogP contribution in [0.1, 0.15) is 5.89 Å². The van der Waals surface area contributed by atoms with Crippen LogP contribution in [0, 0.1) is 5.82 Å². The summed E-state index contributed by atoms with van der Waals surface area (Å²) in [6.07, 6.45) is 0. The van der Waals surface area contributed by atoms with Gasteiger partial charge in [-0.3, -0.25) is 0 Å². The number of halogens is 1. The molecule has 1 heterocycles. The Balaban J connectivity index is 1.75. The van der Waals surface area contributed by atoms with E-state index < -0.39 is 5.82 Å². The second-order valence-corrected chi connectivity index (χ2v) is 4.42. The first-order valence-corrected chi connectivity index (χ1v) is 6.61. The zero-order valence-corrected chi connectivity index (χ0v) is 11.8. The average molecular weight is 300 g/mol. The number of hydrogen-bond acceptors (Lipinski definition) is 5. The van der Waals surface area contributed by atoms with Crippen LogP contribution in [0.3, 0.4) is 0 Å². The molecule has 0 saturated carbocycles. The average Bonchev–Trinajstić information content (AvgIpc) is 3.03. The summed E-state index contributed by atoms with van der Waals surface area (Å²) in [7, 11) is 1.57. The van der Waals surface area contributed by atoms with Gasteiger partial charge in [0.2, 0.25) is 0 Å². The van der Waals surface area contributed by atoms with Crippen molar-refractivity contribution >= 4 is 0 Å². The molecule has 0 aliphatic rings. The molecule has 0 aliphatic carbocycles. The summed E-state index contributed by atoms with van der Waals surface area (Å²) >= 11 is 0. The van der Waals surface area contributed by atoms with Gasteiger partial charge in [0.05, 0.1) is 12.7 Å². The third-order valence-electron chi connectivity index (χ3n) is 2.99. The molecule has 0 unspecified atom stereocenters. The maximum Gasteiger partial charge on any atom is 0.254 e. The fourth-order valence-electron chi connectivity index (χ4n) is 1.94. The quantitative estimate of drug-likeness (QED) is 0.722. The van der Waals surface area contributed by atoms with Crippen LogP contribution in [0.4, 0.5) is 4.39 Å². The van der Waals surface area contributed by atoms with Crippen LogP contribution >= 0.6 is 0 Å². The van der Waals surface area contributed by atoms with E-state index in [2.05, 4.69) is 10.2 Å². The lowest BCUT2D eigenvalue weighted by molar-refractivity contribution is 0.253. The van der Waals surface area contributed by atoms with Crippen molar-refractivity contribution in [3.63, 3.8) is 0 Å². The van der Waals surface area contributed by atoms with E-state index in [9.17, 15) is 4.39 Å². The highest BCUT2D eigenvalue weighted by Crippen LogP contribution is 2.28. The Kier molecular flexibility index (Phi) is 4.00. The molecule has 0 spiro atoms. The Hall–Kier alpha value is -2.89. The van der Waals surface area contributed by atoms with Gasteiger partial charge in [-0.15, -0.1) is 10.2 Å². The number of methoxy groups -OCH3 is 1. The third kappa shape index (κ3) is 2.90. The maximum absolute atomic E-state index is 13.5. The molecule has 0 saturated heterocycles. The molecular weight excluding hydrogens is 287 g/mol. The van der Waals surface area contributed by atoms with Gasteiger partial charge in [-0.05, 0) is 24.3 Å². The summed E-state index contributed by atoms with van der Waals surface area (Å²) < 4.78 is 29.5. The first kappa shape index (κ1) is 14.1. The molecule has 0 N–H and O–H groups in total. The summed E-state index contributed by atoms with van der Waals surface area (Å²) in [5, 5.41) is 7.85. The summed E-state index contributed by atoms with van der Waals surface area (Å²) in [6.45, 7) is -0.0108. The molecule has 0 amide bonds. The molecular formula is C16H13FN2O3. The van der Waals surface area contributed by atoms with Crippen LogP contribution in [0.25, 0.3) is 11.5 Å². The Bertz CT molecular complexity index is 773. The predicted molar refractivity (Wildman–Crippen MR) is 77.0 cm³/mol. The molecule has 0 radical (unpaired) electrons.